The van der Waals surface area contributed by atoms with E-state index in [0.29, 0.717) is 49.5 Å². The number of nitrogens with zero attached hydrogens (tertiary/aromatic N) is 2. The molecule has 0 aromatic heterocycles. The first-order valence-electron chi connectivity index (χ1n) is 27.9. The molecule has 4 aromatic carbocycles. The second-order valence-electron chi connectivity index (χ2n) is 21.1. The second kappa shape index (κ2) is 34.2. The lowest BCUT2D eigenvalue weighted by Gasteiger charge is -2.31. The van der Waals surface area contributed by atoms with Crippen LogP contribution in [0, 0.1) is 0 Å². The number of hydrogen-bond donors (Lipinski definition) is 6. The molecule has 0 bridgehead atoms. The van der Waals surface area contributed by atoms with Gasteiger partial charge in [0.1, 0.15) is 34.7 Å². The smallest absolute Gasteiger partial charge is 0.303 e. The number of fused-ring (bicyclic) bond motifs is 2. The minimum Gasteiger partial charge on any atom is -0.484 e. The van der Waals surface area contributed by atoms with Crippen molar-refractivity contribution < 1.29 is 65.3 Å². The molecule has 0 aliphatic heterocycles. The lowest BCUT2D eigenvalue weighted by Crippen LogP contribution is -2.47. The van der Waals surface area contributed by atoms with Crippen LogP contribution in [-0.2, 0) is 72.0 Å². The second-order valence-corrected chi connectivity index (χ2v) is 25.9. The van der Waals surface area contributed by atoms with E-state index in [1.165, 1.54) is 12.1 Å². The number of halogens is 4. The summed E-state index contributed by atoms with van der Waals surface area (Å²) in [5, 5.41) is 19.7. The Hall–Kier alpha value is -4.70. The van der Waals surface area contributed by atoms with Gasteiger partial charge in [0.2, 0.25) is 27.7 Å². The van der Waals surface area contributed by atoms with E-state index in [1.54, 1.807) is 55.5 Å². The van der Waals surface area contributed by atoms with Gasteiger partial charge in [-0.25, -0.2) is 22.1 Å². The van der Waals surface area contributed by atoms with Crippen LogP contribution < -0.4 is 34.9 Å². The van der Waals surface area contributed by atoms with Crippen molar-refractivity contribution in [3.8, 4) is 11.5 Å². The Kier molecular flexibility index (Phi) is 27.9. The number of nitrogens with one attached hydrogen (secondary N) is 5. The van der Waals surface area contributed by atoms with Crippen LogP contribution >= 0.6 is 46.4 Å². The van der Waals surface area contributed by atoms with Gasteiger partial charge in [0, 0.05) is 82.2 Å². The molecule has 0 saturated carbocycles. The third-order valence-corrected chi connectivity index (χ3v) is 18.0. The van der Waals surface area contributed by atoms with Crippen molar-refractivity contribution in [3.05, 3.63) is 115 Å². The minimum absolute atomic E-state index is 0.00236. The molecule has 21 nitrogen and oxygen atoms in total. The third-order valence-electron chi connectivity index (χ3n) is 14.3. The lowest BCUT2D eigenvalue weighted by atomic mass is 9.89. The number of benzene rings is 4. The molecule has 468 valence electrons. The first-order valence-corrected chi connectivity index (χ1v) is 32.0. The maximum Gasteiger partial charge on any atom is 0.303 e. The number of carbonyl (C=O) groups is 4. The van der Waals surface area contributed by atoms with Gasteiger partial charge in [0.25, 0.3) is 0 Å². The average Bonchev–Trinajstić information content (AvgIpc) is 4.06. The van der Waals surface area contributed by atoms with Crippen LogP contribution in [0.25, 0.3) is 0 Å². The van der Waals surface area contributed by atoms with Crippen LogP contribution in [0.1, 0.15) is 79.9 Å². The van der Waals surface area contributed by atoms with Gasteiger partial charge >= 0.3 is 5.97 Å². The maximum atomic E-state index is 13.0. The molecule has 6 N–H and O–H groups in total. The number of carboxylic acids is 1. The molecule has 85 heavy (non-hydrogen) atoms. The molecule has 3 amide bonds. The van der Waals surface area contributed by atoms with Crippen molar-refractivity contribution in [2.75, 3.05) is 107 Å². The highest BCUT2D eigenvalue weighted by atomic mass is 35.5. The van der Waals surface area contributed by atoms with E-state index in [-0.39, 0.29) is 152 Å². The molecule has 0 heterocycles. The number of carboxylic acid groups (broad SMARTS) is 1. The normalized spacial score (nSPS) is 17.5. The number of amides is 3. The summed E-state index contributed by atoms with van der Waals surface area (Å²) in [6.45, 7) is 4.09. The molecule has 0 fully saturated rings. The fraction of sp³-hybridized carbons (Fsp3) is 0.517. The van der Waals surface area contributed by atoms with E-state index in [0.717, 1.165) is 28.7 Å². The molecule has 0 saturated heterocycles. The van der Waals surface area contributed by atoms with E-state index in [1.807, 2.05) is 40.3 Å². The van der Waals surface area contributed by atoms with Crippen molar-refractivity contribution in [1.82, 2.24) is 35.2 Å². The van der Waals surface area contributed by atoms with Gasteiger partial charge in [-0.3, -0.25) is 19.2 Å². The van der Waals surface area contributed by atoms with Gasteiger partial charge in [-0.05, 0) is 145 Å². The van der Waals surface area contributed by atoms with Crippen molar-refractivity contribution in [2.45, 2.75) is 97.9 Å². The van der Waals surface area contributed by atoms with Gasteiger partial charge in [-0.1, -0.05) is 46.4 Å². The van der Waals surface area contributed by atoms with Crippen LogP contribution in [0.15, 0.2) is 82.6 Å². The fourth-order valence-corrected chi connectivity index (χ4v) is 12.7. The average molecular weight is 1300 g/mol. The predicted octanol–water partition coefficient (Wildman–Crippen LogP) is 6.70. The highest BCUT2D eigenvalue weighted by Crippen LogP contribution is 2.44. The SMILES string of the molecule is CN(C)C1Cc2c(Cl)cc(Cl)cc2[C@@H]1Oc1ccc(S(=O)(=O)NCCOCCOCCNC(=O)CCC(C)(CCC(=O)NCCOCCOCCNS(=O)c2ccc(OC3c4cc(Cl)cc(Cl)c4C[C@@H]3N(C)C)cc2)NC(=O)CCC(=O)O)cc1. The summed E-state index contributed by atoms with van der Waals surface area (Å²) in [6, 6.07) is 20.5. The van der Waals surface area contributed by atoms with E-state index in [4.69, 9.17) is 79.9 Å². The molecule has 0 radical (unpaired) electrons. The number of ether oxygens (including phenoxy) is 6. The van der Waals surface area contributed by atoms with E-state index >= 15 is 0 Å². The summed E-state index contributed by atoms with van der Waals surface area (Å²) in [6.07, 6.45) is 0.487. The fourth-order valence-electron chi connectivity index (χ4n) is 9.67. The standard InChI is InChI=1S/C58H77Cl4N7O14S2/c1-58(67-54(72)14-15-55(73)74,18-16-52(70)63-20-24-78-28-30-80-26-22-65-84(75)42-10-6-40(7-11-42)82-56-46-32-38(59)34-48(61)44(46)36-50(56)68(2)3)19-17-53(71)64-21-25-79-29-31-81-27-23-66-85(76,77)43-12-8-41(9-13-43)83-57-47-33-39(60)35-49(62)45(47)37-51(57)69(4)5/h6-13,32-35,50-51,56-57,65-66H,14-31,36-37H2,1-5H3,(H,63,70)(H,64,71)(H,67,72)(H,73,74)/t50-,51?,56?,57-,58?,84?/m0/s1. The summed E-state index contributed by atoms with van der Waals surface area (Å²) < 4.78 is 79.4. The molecular weight excluding hydrogens is 1220 g/mol. The van der Waals surface area contributed by atoms with E-state index in [2.05, 4.69) is 35.2 Å². The predicted molar refractivity (Wildman–Crippen MR) is 326 cm³/mol. The third kappa shape index (κ3) is 22.1. The molecule has 27 heteroatoms. The number of rotatable bonds is 38. The Morgan fingerprint density at radius 2 is 1.04 bits per heavy atom. The number of carbonyl (C=O) groups excluding carboxylic acids is 3. The summed E-state index contributed by atoms with van der Waals surface area (Å²) in [7, 11) is 2.59. The van der Waals surface area contributed by atoms with Gasteiger partial charge in [0.05, 0.1) is 81.2 Å². The zero-order valence-corrected chi connectivity index (χ0v) is 53.0. The Morgan fingerprint density at radius 1 is 0.600 bits per heavy atom. The summed E-state index contributed by atoms with van der Waals surface area (Å²) in [5.74, 6) is -1.15. The van der Waals surface area contributed by atoms with Crippen molar-refractivity contribution in [1.29, 1.82) is 0 Å². The Bertz CT molecular complexity index is 3010. The molecule has 2 aliphatic rings. The Labute approximate surface area is 520 Å². The van der Waals surface area contributed by atoms with Crippen LogP contribution in [0.2, 0.25) is 20.1 Å². The van der Waals surface area contributed by atoms with Crippen LogP contribution in [0.4, 0.5) is 0 Å². The summed E-state index contributed by atoms with van der Waals surface area (Å²) in [5.41, 5.74) is 2.84. The number of hydrogen-bond acceptors (Lipinski definition) is 15. The number of likely N-dealkylation sites (N-methyl/N-ethyl adjacent to an activating group) is 2. The van der Waals surface area contributed by atoms with Crippen molar-refractivity contribution in [2.24, 2.45) is 0 Å². The highest BCUT2D eigenvalue weighted by molar-refractivity contribution is 7.89. The summed E-state index contributed by atoms with van der Waals surface area (Å²) >= 11 is 25.6. The van der Waals surface area contributed by atoms with Crippen molar-refractivity contribution >= 4 is 91.1 Å². The lowest BCUT2D eigenvalue weighted by molar-refractivity contribution is -0.139. The van der Waals surface area contributed by atoms with Gasteiger partial charge in [-0.15, -0.1) is 0 Å². The first kappa shape index (κ1) is 69.4. The molecule has 6 rings (SSSR count). The maximum absolute atomic E-state index is 13.0. The Balaban J connectivity index is 0.785. The van der Waals surface area contributed by atoms with Crippen LogP contribution in [-0.4, -0.2) is 176 Å². The monoisotopic (exact) mass is 1300 g/mol. The van der Waals surface area contributed by atoms with E-state index in [9.17, 15) is 31.8 Å². The molecule has 0 spiro atoms. The Morgan fingerprint density at radius 3 is 1.48 bits per heavy atom. The molecule has 4 aromatic rings. The van der Waals surface area contributed by atoms with Gasteiger partial charge in [-0.2, -0.15) is 0 Å². The molecular formula is C58H77Cl4N7O14S2. The zero-order valence-electron chi connectivity index (χ0n) is 48.4. The van der Waals surface area contributed by atoms with E-state index < -0.39 is 38.4 Å². The quantitative estimate of drug-likeness (QED) is 0.0255. The molecule has 4 unspecified atom stereocenters. The zero-order chi connectivity index (χ0) is 61.7. The van der Waals surface area contributed by atoms with Gasteiger partial charge in [0.15, 0.2) is 0 Å². The molecule has 2 aliphatic carbocycles. The summed E-state index contributed by atoms with van der Waals surface area (Å²) in [4.78, 5) is 54.2. The van der Waals surface area contributed by atoms with Gasteiger partial charge < -0.3 is 59.3 Å². The number of sulfonamides is 1. The molecule has 6 atom stereocenters. The largest absolute Gasteiger partial charge is 0.484 e. The van der Waals surface area contributed by atoms with Crippen LogP contribution in [0.5, 0.6) is 11.5 Å². The highest BCUT2D eigenvalue weighted by Gasteiger charge is 2.39. The number of aliphatic carboxylic acids is 1. The first-order chi connectivity index (χ1) is 40.5. The van der Waals surface area contributed by atoms with Crippen LogP contribution in [0.3, 0.4) is 0 Å². The topological polar surface area (TPSA) is 262 Å². The minimum atomic E-state index is -3.84. The van der Waals surface area contributed by atoms with Crippen molar-refractivity contribution in [3.63, 3.8) is 0 Å².